The summed E-state index contributed by atoms with van der Waals surface area (Å²) in [5, 5.41) is 0.646. The first-order chi connectivity index (χ1) is 8.61. The summed E-state index contributed by atoms with van der Waals surface area (Å²) >= 11 is 5.92. The zero-order valence-corrected chi connectivity index (χ0v) is 10.4. The van der Waals surface area contributed by atoms with Gasteiger partial charge in [0.1, 0.15) is 11.6 Å². The van der Waals surface area contributed by atoms with Crippen LogP contribution in [0.25, 0.3) is 22.4 Å². The molecule has 0 amide bonds. The lowest BCUT2D eigenvalue weighted by atomic mass is 10.1. The number of nitrogens with one attached hydrogen (secondary N) is 1. The van der Waals surface area contributed by atoms with Crippen molar-refractivity contribution in [1.29, 1.82) is 0 Å². The number of fused-ring (bicyclic) bond motifs is 1. The molecule has 0 radical (unpaired) electrons. The number of hydrogen-bond donors (Lipinski definition) is 1. The van der Waals surface area contributed by atoms with Crippen LogP contribution in [0.4, 0.5) is 4.39 Å². The molecule has 0 aliphatic rings. The van der Waals surface area contributed by atoms with E-state index < -0.39 is 0 Å². The Bertz CT molecular complexity index is 713. The number of aromatic amines is 1. The van der Waals surface area contributed by atoms with Gasteiger partial charge in [-0.25, -0.2) is 9.37 Å². The van der Waals surface area contributed by atoms with Gasteiger partial charge in [-0.05, 0) is 48.9 Å². The number of imidazole rings is 1. The van der Waals surface area contributed by atoms with Gasteiger partial charge in [-0.2, -0.15) is 0 Å². The molecule has 1 heterocycles. The van der Waals surface area contributed by atoms with Crippen LogP contribution in [0.5, 0.6) is 0 Å². The van der Waals surface area contributed by atoms with Crippen molar-refractivity contribution >= 4 is 22.6 Å². The molecule has 0 saturated heterocycles. The lowest BCUT2D eigenvalue weighted by Gasteiger charge is -1.99. The molecule has 90 valence electrons. The Morgan fingerprint density at radius 3 is 2.78 bits per heavy atom. The Balaban J connectivity index is 2.19. The van der Waals surface area contributed by atoms with E-state index in [1.54, 1.807) is 12.1 Å². The molecule has 4 heteroatoms. The Morgan fingerprint density at radius 2 is 2.00 bits per heavy atom. The number of rotatable bonds is 1. The molecule has 3 aromatic rings. The van der Waals surface area contributed by atoms with Crippen molar-refractivity contribution in [2.45, 2.75) is 6.92 Å². The fraction of sp³-hybridized carbons (Fsp3) is 0.0714. The summed E-state index contributed by atoms with van der Waals surface area (Å²) in [7, 11) is 0. The fourth-order valence-electron chi connectivity index (χ4n) is 1.99. The normalized spacial score (nSPS) is 11.1. The highest BCUT2D eigenvalue weighted by molar-refractivity contribution is 6.31. The summed E-state index contributed by atoms with van der Waals surface area (Å²) in [6.45, 7) is 1.85. The van der Waals surface area contributed by atoms with Gasteiger partial charge in [-0.1, -0.05) is 11.6 Å². The van der Waals surface area contributed by atoms with Gasteiger partial charge in [0.25, 0.3) is 0 Å². The third-order valence-corrected chi connectivity index (χ3v) is 2.99. The number of benzene rings is 2. The second-order valence-corrected chi connectivity index (χ2v) is 4.70. The van der Waals surface area contributed by atoms with E-state index in [9.17, 15) is 4.39 Å². The minimum Gasteiger partial charge on any atom is -0.338 e. The molecule has 18 heavy (non-hydrogen) atoms. The van der Waals surface area contributed by atoms with Gasteiger partial charge < -0.3 is 4.98 Å². The van der Waals surface area contributed by atoms with Crippen LogP contribution in [-0.4, -0.2) is 9.97 Å². The maximum atomic E-state index is 13.4. The van der Waals surface area contributed by atoms with E-state index >= 15 is 0 Å². The van der Waals surface area contributed by atoms with E-state index in [2.05, 4.69) is 9.97 Å². The molecule has 0 fully saturated rings. The van der Waals surface area contributed by atoms with E-state index in [0.717, 1.165) is 22.2 Å². The van der Waals surface area contributed by atoms with Gasteiger partial charge in [-0.15, -0.1) is 0 Å². The van der Waals surface area contributed by atoms with Crippen LogP contribution in [0.3, 0.4) is 0 Å². The van der Waals surface area contributed by atoms with Crippen LogP contribution in [-0.2, 0) is 0 Å². The molecular formula is C14H10ClFN2. The Kier molecular flexibility index (Phi) is 2.56. The van der Waals surface area contributed by atoms with E-state index in [1.165, 1.54) is 12.1 Å². The summed E-state index contributed by atoms with van der Waals surface area (Å²) in [5.41, 5.74) is 3.26. The van der Waals surface area contributed by atoms with Gasteiger partial charge in [0, 0.05) is 10.6 Å². The largest absolute Gasteiger partial charge is 0.338 e. The van der Waals surface area contributed by atoms with Crippen LogP contribution in [0.1, 0.15) is 5.56 Å². The van der Waals surface area contributed by atoms with Crippen molar-refractivity contribution in [1.82, 2.24) is 9.97 Å². The number of nitrogens with zero attached hydrogens (tertiary/aromatic N) is 1. The lowest BCUT2D eigenvalue weighted by molar-refractivity contribution is 0.627. The Labute approximate surface area is 108 Å². The van der Waals surface area contributed by atoms with E-state index in [1.807, 2.05) is 19.1 Å². The quantitative estimate of drug-likeness (QED) is 0.693. The molecule has 0 unspecified atom stereocenters. The second-order valence-electron chi connectivity index (χ2n) is 4.26. The molecule has 1 N–H and O–H groups in total. The van der Waals surface area contributed by atoms with Gasteiger partial charge in [-0.3, -0.25) is 0 Å². The van der Waals surface area contributed by atoms with Crippen molar-refractivity contribution in [2.24, 2.45) is 0 Å². The highest BCUT2D eigenvalue weighted by atomic mass is 35.5. The first-order valence-electron chi connectivity index (χ1n) is 5.55. The zero-order valence-electron chi connectivity index (χ0n) is 9.67. The molecule has 2 aromatic carbocycles. The van der Waals surface area contributed by atoms with E-state index in [0.29, 0.717) is 10.8 Å². The molecule has 0 aliphatic carbocycles. The highest BCUT2D eigenvalue weighted by Crippen LogP contribution is 2.24. The van der Waals surface area contributed by atoms with Crippen LogP contribution < -0.4 is 0 Å². The molecule has 2 nitrogen and oxygen atoms in total. The second kappa shape index (κ2) is 4.10. The number of H-pyrrole nitrogens is 1. The maximum Gasteiger partial charge on any atom is 0.138 e. The summed E-state index contributed by atoms with van der Waals surface area (Å²) in [6.07, 6.45) is 0. The average Bonchev–Trinajstić information content (AvgIpc) is 2.70. The molecule has 3 rings (SSSR count). The third kappa shape index (κ3) is 1.97. The Morgan fingerprint density at radius 1 is 1.17 bits per heavy atom. The number of halogens is 2. The molecule has 1 aromatic heterocycles. The molecule has 0 saturated carbocycles. The summed E-state index contributed by atoms with van der Waals surface area (Å²) in [4.78, 5) is 7.57. The molecule has 0 bridgehead atoms. The van der Waals surface area contributed by atoms with Crippen molar-refractivity contribution in [3.8, 4) is 11.4 Å². The van der Waals surface area contributed by atoms with Crippen LogP contribution in [0.2, 0.25) is 5.02 Å². The average molecular weight is 261 g/mol. The van der Waals surface area contributed by atoms with Crippen molar-refractivity contribution in [2.75, 3.05) is 0 Å². The van der Waals surface area contributed by atoms with Gasteiger partial charge >= 0.3 is 0 Å². The topological polar surface area (TPSA) is 28.7 Å². The molecule has 0 spiro atoms. The number of aryl methyl sites for hydroxylation is 1. The fourth-order valence-corrected chi connectivity index (χ4v) is 2.16. The highest BCUT2D eigenvalue weighted by Gasteiger charge is 2.07. The zero-order chi connectivity index (χ0) is 12.7. The predicted octanol–water partition coefficient (Wildman–Crippen LogP) is 4.33. The molecular weight excluding hydrogens is 251 g/mol. The van der Waals surface area contributed by atoms with Gasteiger partial charge in [0.15, 0.2) is 0 Å². The molecule has 0 aliphatic heterocycles. The van der Waals surface area contributed by atoms with E-state index in [4.69, 9.17) is 11.6 Å². The van der Waals surface area contributed by atoms with Gasteiger partial charge in [0.2, 0.25) is 0 Å². The number of hydrogen-bond acceptors (Lipinski definition) is 1. The smallest absolute Gasteiger partial charge is 0.138 e. The lowest BCUT2D eigenvalue weighted by Crippen LogP contribution is -1.84. The Hall–Kier alpha value is -1.87. The van der Waals surface area contributed by atoms with Crippen LogP contribution in [0, 0.1) is 12.7 Å². The number of aromatic nitrogens is 2. The minimum absolute atomic E-state index is 0.261. The van der Waals surface area contributed by atoms with Crippen molar-refractivity contribution in [3.05, 3.63) is 52.8 Å². The molecule has 0 atom stereocenters. The standard InChI is InChI=1S/C14H10ClFN2/c1-8-4-9(6-11(16)5-8)14-17-12-3-2-10(15)7-13(12)18-14/h2-7H,1H3,(H,17,18). The predicted molar refractivity (Wildman–Crippen MR) is 71.2 cm³/mol. The monoisotopic (exact) mass is 260 g/mol. The van der Waals surface area contributed by atoms with Crippen molar-refractivity contribution in [3.63, 3.8) is 0 Å². The SMILES string of the molecule is Cc1cc(F)cc(-c2nc3ccc(Cl)cc3[nH]2)c1. The van der Waals surface area contributed by atoms with Crippen LogP contribution in [0.15, 0.2) is 36.4 Å². The first kappa shape index (κ1) is 11.2. The van der Waals surface area contributed by atoms with E-state index in [-0.39, 0.29) is 5.82 Å². The minimum atomic E-state index is -0.261. The maximum absolute atomic E-state index is 13.4. The third-order valence-electron chi connectivity index (χ3n) is 2.76. The summed E-state index contributed by atoms with van der Waals surface area (Å²) in [5.74, 6) is 0.387. The van der Waals surface area contributed by atoms with Crippen molar-refractivity contribution < 1.29 is 4.39 Å². The van der Waals surface area contributed by atoms with Gasteiger partial charge in [0.05, 0.1) is 11.0 Å². The first-order valence-corrected chi connectivity index (χ1v) is 5.92. The summed E-state index contributed by atoms with van der Waals surface area (Å²) in [6, 6.07) is 10.3. The summed E-state index contributed by atoms with van der Waals surface area (Å²) < 4.78 is 13.4. The van der Waals surface area contributed by atoms with Crippen LogP contribution >= 0.6 is 11.6 Å².